The van der Waals surface area contributed by atoms with Gasteiger partial charge in [-0.25, -0.2) is 0 Å². The van der Waals surface area contributed by atoms with Crippen molar-refractivity contribution in [3.05, 3.63) is 0 Å². The largest absolute Gasteiger partial charge is 0.504 e. The van der Waals surface area contributed by atoms with Gasteiger partial charge >= 0.3 is 8.80 Å². The second-order valence-electron chi connectivity index (χ2n) is 5.48. The second-order valence-corrected chi connectivity index (χ2v) is 8.46. The molecule has 1 aliphatic heterocycles. The molecule has 0 aromatic heterocycles. The van der Waals surface area contributed by atoms with Gasteiger partial charge in [-0.2, -0.15) is 0 Å². The van der Waals surface area contributed by atoms with Crippen molar-refractivity contribution < 1.29 is 18.0 Å². The Hall–Kier alpha value is 0.0569. The molecule has 4 nitrogen and oxygen atoms in total. The molecule has 2 fully saturated rings. The minimum absolute atomic E-state index is 0.359. The minimum Gasteiger partial charge on any atom is -0.374 e. The van der Waals surface area contributed by atoms with Crippen LogP contribution < -0.4 is 0 Å². The van der Waals surface area contributed by atoms with Crippen molar-refractivity contribution >= 4 is 8.80 Å². The second kappa shape index (κ2) is 6.67. The Kier molecular flexibility index (Phi) is 5.43. The standard InChI is InChI=1S/C14H28O4Si/c1-5-15-19(16-6-2,17-7-3)11(4)12-8-9-13-14(10-12)18-13/h11-14H,5-10H2,1-4H3/t11-,12-,13-,14-/m0/s1. The summed E-state index contributed by atoms with van der Waals surface area (Å²) < 4.78 is 23.7. The van der Waals surface area contributed by atoms with Gasteiger partial charge in [0.25, 0.3) is 0 Å². The SMILES string of the molecule is CCO[Si](OCC)(OCC)[C@@H](C)[C@H]1CC[C@@H]2O[C@H]2C1. The molecule has 2 rings (SSSR count). The molecule has 2 aliphatic rings. The van der Waals surface area contributed by atoms with E-state index in [4.69, 9.17) is 18.0 Å². The molecule has 1 saturated heterocycles. The average molecular weight is 288 g/mol. The highest BCUT2D eigenvalue weighted by molar-refractivity contribution is 6.62. The first-order chi connectivity index (χ1) is 9.16. The Morgan fingerprint density at radius 2 is 1.58 bits per heavy atom. The molecule has 1 aliphatic carbocycles. The van der Waals surface area contributed by atoms with Gasteiger partial charge in [0.1, 0.15) is 0 Å². The van der Waals surface area contributed by atoms with Crippen molar-refractivity contribution in [2.45, 2.75) is 64.7 Å². The highest BCUT2D eigenvalue weighted by Gasteiger charge is 2.54. The molecule has 0 unspecified atom stereocenters. The summed E-state index contributed by atoms with van der Waals surface area (Å²) in [5.41, 5.74) is 0.359. The van der Waals surface area contributed by atoms with Gasteiger partial charge in [0, 0.05) is 25.4 Å². The van der Waals surface area contributed by atoms with Crippen LogP contribution in [-0.2, 0) is 18.0 Å². The van der Waals surface area contributed by atoms with E-state index in [1.54, 1.807) is 0 Å². The fraction of sp³-hybridized carbons (Fsp3) is 1.00. The van der Waals surface area contributed by atoms with Gasteiger partial charge in [-0.1, -0.05) is 6.92 Å². The molecule has 0 radical (unpaired) electrons. The predicted octanol–water partition coefficient (Wildman–Crippen LogP) is 2.99. The van der Waals surface area contributed by atoms with Crippen molar-refractivity contribution in [3.8, 4) is 0 Å². The van der Waals surface area contributed by atoms with E-state index >= 15 is 0 Å². The molecule has 0 bridgehead atoms. The van der Waals surface area contributed by atoms with Gasteiger partial charge in [0.2, 0.25) is 0 Å². The molecule has 4 atom stereocenters. The van der Waals surface area contributed by atoms with Crippen LogP contribution in [0.25, 0.3) is 0 Å². The third-order valence-electron chi connectivity index (χ3n) is 4.35. The fourth-order valence-corrected chi connectivity index (χ4v) is 6.43. The first-order valence-electron chi connectivity index (χ1n) is 7.74. The van der Waals surface area contributed by atoms with Crippen LogP contribution in [0.5, 0.6) is 0 Å². The average Bonchev–Trinajstić information content (AvgIpc) is 3.16. The van der Waals surface area contributed by atoms with Crippen LogP contribution in [0.3, 0.4) is 0 Å². The van der Waals surface area contributed by atoms with Gasteiger partial charge in [-0.05, 0) is 46.0 Å². The summed E-state index contributed by atoms with van der Waals surface area (Å²) in [4.78, 5) is 0. The monoisotopic (exact) mass is 288 g/mol. The normalized spacial score (nSPS) is 31.9. The lowest BCUT2D eigenvalue weighted by Crippen LogP contribution is -2.52. The van der Waals surface area contributed by atoms with Gasteiger partial charge in [-0.15, -0.1) is 0 Å². The summed E-state index contributed by atoms with van der Waals surface area (Å²) in [6.07, 6.45) is 4.59. The molecule has 1 saturated carbocycles. The van der Waals surface area contributed by atoms with Gasteiger partial charge < -0.3 is 18.0 Å². The minimum atomic E-state index is -2.55. The van der Waals surface area contributed by atoms with E-state index in [2.05, 4.69) is 6.92 Å². The lowest BCUT2D eigenvalue weighted by atomic mass is 9.87. The molecule has 1 heterocycles. The summed E-state index contributed by atoms with van der Waals surface area (Å²) in [6, 6.07) is 0. The summed E-state index contributed by atoms with van der Waals surface area (Å²) in [5, 5.41) is 0. The van der Waals surface area contributed by atoms with Crippen LogP contribution in [-0.4, -0.2) is 40.8 Å². The van der Waals surface area contributed by atoms with Crippen LogP contribution in [0.4, 0.5) is 0 Å². The first kappa shape index (κ1) is 15.4. The maximum atomic E-state index is 6.03. The number of ether oxygens (including phenoxy) is 1. The van der Waals surface area contributed by atoms with Crippen molar-refractivity contribution in [2.24, 2.45) is 5.92 Å². The molecule has 0 aromatic carbocycles. The molecule has 0 amide bonds. The van der Waals surface area contributed by atoms with E-state index in [-0.39, 0.29) is 0 Å². The molecule has 5 heteroatoms. The van der Waals surface area contributed by atoms with E-state index in [0.29, 0.717) is 43.5 Å². The molecule has 112 valence electrons. The first-order valence-corrected chi connectivity index (χ1v) is 9.54. The molecular weight excluding hydrogens is 260 g/mol. The highest BCUT2D eigenvalue weighted by atomic mass is 28.4. The van der Waals surface area contributed by atoms with E-state index in [0.717, 1.165) is 6.42 Å². The summed E-state index contributed by atoms with van der Waals surface area (Å²) in [6.45, 7) is 10.3. The highest BCUT2D eigenvalue weighted by Crippen LogP contribution is 2.47. The Bertz CT molecular complexity index is 270. The number of hydrogen-bond acceptors (Lipinski definition) is 4. The van der Waals surface area contributed by atoms with E-state index in [1.807, 2.05) is 20.8 Å². The smallest absolute Gasteiger partial charge is 0.374 e. The quantitative estimate of drug-likeness (QED) is 0.508. The number of rotatable bonds is 8. The molecule has 0 N–H and O–H groups in total. The number of fused-ring (bicyclic) bond motifs is 1. The Balaban J connectivity index is 2.05. The number of hydrogen-bond donors (Lipinski definition) is 0. The van der Waals surface area contributed by atoms with Crippen LogP contribution >= 0.6 is 0 Å². The van der Waals surface area contributed by atoms with E-state index in [1.165, 1.54) is 12.8 Å². The maximum absolute atomic E-state index is 6.03. The van der Waals surface area contributed by atoms with Crippen molar-refractivity contribution in [3.63, 3.8) is 0 Å². The zero-order chi connectivity index (χ0) is 13.9. The Morgan fingerprint density at radius 3 is 2.05 bits per heavy atom. The third-order valence-corrected chi connectivity index (χ3v) is 8.01. The van der Waals surface area contributed by atoms with E-state index < -0.39 is 8.80 Å². The van der Waals surface area contributed by atoms with Crippen molar-refractivity contribution in [1.29, 1.82) is 0 Å². The van der Waals surface area contributed by atoms with Crippen molar-refractivity contribution in [2.75, 3.05) is 19.8 Å². The lowest BCUT2D eigenvalue weighted by Gasteiger charge is -2.38. The summed E-state index contributed by atoms with van der Waals surface area (Å²) in [7, 11) is -2.55. The predicted molar refractivity (Wildman–Crippen MR) is 76.1 cm³/mol. The molecule has 0 spiro atoms. The Labute approximate surface area is 118 Å². The van der Waals surface area contributed by atoms with Crippen LogP contribution in [0.1, 0.15) is 47.0 Å². The maximum Gasteiger partial charge on any atom is 0.504 e. The number of epoxide rings is 1. The van der Waals surface area contributed by atoms with Gasteiger partial charge in [0.15, 0.2) is 0 Å². The van der Waals surface area contributed by atoms with Crippen molar-refractivity contribution in [1.82, 2.24) is 0 Å². The summed E-state index contributed by atoms with van der Waals surface area (Å²) in [5.74, 6) is 0.611. The molecule has 19 heavy (non-hydrogen) atoms. The molecule has 0 aromatic rings. The fourth-order valence-electron chi connectivity index (χ4n) is 3.30. The van der Waals surface area contributed by atoms with Gasteiger partial charge in [0.05, 0.1) is 12.2 Å². The zero-order valence-corrected chi connectivity index (χ0v) is 13.7. The molecular formula is C14H28O4Si. The van der Waals surface area contributed by atoms with Crippen LogP contribution in [0.2, 0.25) is 5.54 Å². The third kappa shape index (κ3) is 3.39. The van der Waals surface area contributed by atoms with Crippen LogP contribution in [0.15, 0.2) is 0 Å². The van der Waals surface area contributed by atoms with E-state index in [9.17, 15) is 0 Å². The topological polar surface area (TPSA) is 40.2 Å². The Morgan fingerprint density at radius 1 is 1.00 bits per heavy atom. The van der Waals surface area contributed by atoms with Crippen LogP contribution in [0, 0.1) is 5.92 Å². The lowest BCUT2D eigenvalue weighted by molar-refractivity contribution is 0.0534. The van der Waals surface area contributed by atoms with Gasteiger partial charge in [-0.3, -0.25) is 0 Å². The summed E-state index contributed by atoms with van der Waals surface area (Å²) >= 11 is 0. The zero-order valence-electron chi connectivity index (χ0n) is 12.7.